The summed E-state index contributed by atoms with van der Waals surface area (Å²) in [5.74, 6) is 1.20. The molecule has 2 aromatic carbocycles. The molecule has 0 aliphatic carbocycles. The van der Waals surface area contributed by atoms with E-state index in [1.54, 1.807) is 18.2 Å². The van der Waals surface area contributed by atoms with Crippen molar-refractivity contribution in [1.82, 2.24) is 9.62 Å². The summed E-state index contributed by atoms with van der Waals surface area (Å²) in [4.78, 5) is 12.6. The van der Waals surface area contributed by atoms with E-state index in [1.807, 2.05) is 26.0 Å². The second-order valence-corrected chi connectivity index (χ2v) is 10.8. The summed E-state index contributed by atoms with van der Waals surface area (Å²) in [5, 5.41) is 3.50. The monoisotopic (exact) mass is 472 g/mol. The number of unbranched alkanes of at least 4 members (excludes halogenated alkanes) is 1. The molecule has 0 aromatic heterocycles. The van der Waals surface area contributed by atoms with Crippen LogP contribution in [0.3, 0.4) is 0 Å². The minimum atomic E-state index is -3.73. The number of rotatable bonds is 9. The molecule has 178 valence electrons. The molecular formula is C25H32N2O5S. The van der Waals surface area contributed by atoms with Crippen molar-refractivity contribution in [1.29, 1.82) is 0 Å². The highest BCUT2D eigenvalue weighted by molar-refractivity contribution is 7.90. The fourth-order valence-corrected chi connectivity index (χ4v) is 6.00. The predicted octanol–water partition coefficient (Wildman–Crippen LogP) is 3.77. The largest absolute Gasteiger partial charge is 0.487 e. The van der Waals surface area contributed by atoms with Gasteiger partial charge in [0.25, 0.3) is 15.9 Å². The number of fused-ring (bicyclic) bond motifs is 2. The van der Waals surface area contributed by atoms with Gasteiger partial charge in [0.1, 0.15) is 11.0 Å². The van der Waals surface area contributed by atoms with E-state index in [9.17, 15) is 13.2 Å². The molecule has 2 aliphatic rings. The first-order valence-corrected chi connectivity index (χ1v) is 13.1. The topological polar surface area (TPSA) is 84.9 Å². The van der Waals surface area contributed by atoms with Crippen molar-refractivity contribution in [3.05, 3.63) is 53.6 Å². The van der Waals surface area contributed by atoms with Gasteiger partial charge < -0.3 is 14.8 Å². The Morgan fingerprint density at radius 1 is 1.12 bits per heavy atom. The van der Waals surface area contributed by atoms with Crippen molar-refractivity contribution in [3.8, 4) is 11.5 Å². The number of hydrogen-bond acceptors (Lipinski definition) is 6. The van der Waals surface area contributed by atoms with Crippen LogP contribution in [0, 0.1) is 0 Å². The third-order valence-corrected chi connectivity index (χ3v) is 7.96. The smallest absolute Gasteiger partial charge is 0.269 e. The Labute approximate surface area is 196 Å². The van der Waals surface area contributed by atoms with E-state index in [-0.39, 0.29) is 35.3 Å². The summed E-state index contributed by atoms with van der Waals surface area (Å²) in [5.41, 5.74) is 1.44. The molecule has 2 aliphatic heterocycles. The normalized spacial score (nSPS) is 19.7. The van der Waals surface area contributed by atoms with Crippen LogP contribution >= 0.6 is 0 Å². The Morgan fingerprint density at radius 2 is 1.91 bits per heavy atom. The third-order valence-electron chi connectivity index (χ3n) is 6.11. The van der Waals surface area contributed by atoms with Crippen molar-refractivity contribution < 1.29 is 22.7 Å². The van der Waals surface area contributed by atoms with Crippen LogP contribution in [0.15, 0.2) is 47.4 Å². The lowest BCUT2D eigenvalue weighted by Crippen LogP contribution is -2.43. The predicted molar refractivity (Wildman–Crippen MR) is 126 cm³/mol. The van der Waals surface area contributed by atoms with Crippen LogP contribution in [0.1, 0.15) is 56.0 Å². The molecule has 1 amide bonds. The molecule has 0 saturated carbocycles. The molecule has 2 aromatic rings. The van der Waals surface area contributed by atoms with Gasteiger partial charge in [0.2, 0.25) is 0 Å². The van der Waals surface area contributed by atoms with E-state index in [4.69, 9.17) is 9.47 Å². The van der Waals surface area contributed by atoms with Gasteiger partial charge >= 0.3 is 0 Å². The molecule has 2 atom stereocenters. The van der Waals surface area contributed by atoms with Crippen LogP contribution < -0.4 is 14.8 Å². The Bertz CT molecular complexity index is 1120. The Hall–Kier alpha value is -2.58. The molecule has 1 unspecified atom stereocenters. The maximum atomic E-state index is 12.6. The zero-order valence-corrected chi connectivity index (χ0v) is 20.2. The van der Waals surface area contributed by atoms with Crippen molar-refractivity contribution >= 4 is 15.9 Å². The number of aryl methyl sites for hydroxylation is 1. The Kier molecular flexibility index (Phi) is 6.95. The van der Waals surface area contributed by atoms with Crippen LogP contribution in [0.5, 0.6) is 11.5 Å². The molecule has 0 spiro atoms. The van der Waals surface area contributed by atoms with E-state index >= 15 is 0 Å². The molecule has 0 bridgehead atoms. The maximum absolute atomic E-state index is 12.6. The summed E-state index contributed by atoms with van der Waals surface area (Å²) >= 11 is 0. The summed E-state index contributed by atoms with van der Waals surface area (Å²) in [6, 6.07) is 12.6. The second kappa shape index (κ2) is 9.73. The van der Waals surface area contributed by atoms with Crippen molar-refractivity contribution in [2.45, 2.75) is 69.6 Å². The van der Waals surface area contributed by atoms with Crippen molar-refractivity contribution in [2.75, 3.05) is 13.1 Å². The Balaban J connectivity index is 1.26. The Morgan fingerprint density at radius 3 is 2.67 bits per heavy atom. The lowest BCUT2D eigenvalue weighted by Gasteiger charge is -2.32. The highest BCUT2D eigenvalue weighted by Crippen LogP contribution is 2.38. The van der Waals surface area contributed by atoms with Crippen LogP contribution in [0.25, 0.3) is 0 Å². The van der Waals surface area contributed by atoms with Crippen LogP contribution in [-0.2, 0) is 16.4 Å². The van der Waals surface area contributed by atoms with E-state index in [0.717, 1.165) is 35.1 Å². The van der Waals surface area contributed by atoms with E-state index < -0.39 is 15.9 Å². The first kappa shape index (κ1) is 23.6. The molecule has 33 heavy (non-hydrogen) atoms. The minimum absolute atomic E-state index is 0.0319. The van der Waals surface area contributed by atoms with Gasteiger partial charge in [-0.25, -0.2) is 12.7 Å². The zero-order valence-electron chi connectivity index (χ0n) is 19.4. The lowest BCUT2D eigenvalue weighted by molar-refractivity contribution is 0.0869. The van der Waals surface area contributed by atoms with Crippen LogP contribution in [0.2, 0.25) is 0 Å². The van der Waals surface area contributed by atoms with Gasteiger partial charge in [-0.15, -0.1) is 0 Å². The quantitative estimate of drug-likeness (QED) is 0.559. The lowest BCUT2D eigenvalue weighted by atomic mass is 9.98. The number of benzene rings is 2. The zero-order chi connectivity index (χ0) is 23.6. The van der Waals surface area contributed by atoms with E-state index in [1.165, 1.54) is 11.6 Å². The fourth-order valence-electron chi connectivity index (χ4n) is 4.39. The van der Waals surface area contributed by atoms with E-state index in [0.29, 0.717) is 13.0 Å². The molecular weight excluding hydrogens is 440 g/mol. The summed E-state index contributed by atoms with van der Waals surface area (Å²) in [6.07, 6.45) is 3.33. The van der Waals surface area contributed by atoms with Gasteiger partial charge in [-0.05, 0) is 76.8 Å². The minimum Gasteiger partial charge on any atom is -0.487 e. The molecule has 0 fully saturated rings. The van der Waals surface area contributed by atoms with Crippen molar-refractivity contribution in [2.24, 2.45) is 0 Å². The number of nitrogens with one attached hydrogen (secondary N) is 1. The number of nitrogens with zero attached hydrogens (tertiary/aromatic N) is 1. The van der Waals surface area contributed by atoms with Gasteiger partial charge in [0.15, 0.2) is 11.5 Å². The van der Waals surface area contributed by atoms with Crippen molar-refractivity contribution in [3.63, 3.8) is 0 Å². The molecule has 2 heterocycles. The number of hydrogen-bond donors (Lipinski definition) is 1. The third kappa shape index (κ3) is 4.87. The summed E-state index contributed by atoms with van der Waals surface area (Å²) < 4.78 is 38.5. The van der Waals surface area contributed by atoms with E-state index in [2.05, 4.69) is 18.3 Å². The second-order valence-electron chi connectivity index (χ2n) is 8.93. The summed E-state index contributed by atoms with van der Waals surface area (Å²) in [6.45, 7) is 7.02. The molecule has 0 radical (unpaired) electrons. The number of para-hydroxylation sites is 1. The standard InChI is InChI=1S/C25H32N2O5S/c1-17(2)31-22-11-8-9-19-13-14-21(32-24(19)22)18(3)26-15-6-7-16-27-25(28)20-10-4-5-12-23(20)33(27,29)30/h4-5,8-12,17-18,21,26H,6-7,13-16H2,1-3H3/t18?,21-/m1/s1. The molecule has 7 nitrogen and oxygen atoms in total. The molecule has 1 N–H and O–H groups in total. The van der Waals surface area contributed by atoms with Crippen LogP contribution in [-0.4, -0.2) is 50.0 Å². The number of ether oxygens (including phenoxy) is 2. The highest BCUT2D eigenvalue weighted by atomic mass is 32.2. The first-order chi connectivity index (χ1) is 15.8. The van der Waals surface area contributed by atoms with Gasteiger partial charge in [-0.2, -0.15) is 0 Å². The average molecular weight is 473 g/mol. The molecule has 0 saturated heterocycles. The number of carbonyl (C=O) groups is 1. The average Bonchev–Trinajstić information content (AvgIpc) is 2.99. The SMILES string of the molecule is CC(C)Oc1cccc2c1O[C@@H](C(C)NCCCCN1C(=O)c3ccccc3S1(=O)=O)CC2. The number of carbonyl (C=O) groups excluding carboxylic acids is 1. The van der Waals surface area contributed by atoms with Gasteiger partial charge in [0.05, 0.1) is 11.7 Å². The first-order valence-electron chi connectivity index (χ1n) is 11.6. The summed E-state index contributed by atoms with van der Waals surface area (Å²) in [7, 11) is -3.73. The fraction of sp³-hybridized carbons (Fsp3) is 0.480. The maximum Gasteiger partial charge on any atom is 0.269 e. The van der Waals surface area contributed by atoms with Crippen LogP contribution in [0.4, 0.5) is 0 Å². The number of amides is 1. The van der Waals surface area contributed by atoms with Gasteiger partial charge in [0, 0.05) is 12.6 Å². The highest BCUT2D eigenvalue weighted by Gasteiger charge is 2.40. The number of sulfonamides is 1. The molecule has 8 heteroatoms. The van der Waals surface area contributed by atoms with Gasteiger partial charge in [-0.3, -0.25) is 4.79 Å². The van der Waals surface area contributed by atoms with Gasteiger partial charge in [-0.1, -0.05) is 24.3 Å². The molecule has 4 rings (SSSR count).